The van der Waals surface area contributed by atoms with Crippen molar-refractivity contribution in [1.29, 1.82) is 0 Å². The van der Waals surface area contributed by atoms with Crippen LogP contribution in [0.25, 0.3) is 0 Å². The van der Waals surface area contributed by atoms with Crippen LogP contribution in [0, 0.1) is 0 Å². The van der Waals surface area contributed by atoms with Gasteiger partial charge in [-0.2, -0.15) is 0 Å². The van der Waals surface area contributed by atoms with Crippen molar-refractivity contribution in [2.24, 2.45) is 0 Å². The van der Waals surface area contributed by atoms with E-state index < -0.39 is 0 Å². The third kappa shape index (κ3) is 2.58. The highest BCUT2D eigenvalue weighted by atomic mass is 16.5. The molecule has 0 saturated heterocycles. The normalized spacial score (nSPS) is 17.8. The molecule has 0 aliphatic heterocycles. The van der Waals surface area contributed by atoms with Crippen LogP contribution in [0.2, 0.25) is 0 Å². The summed E-state index contributed by atoms with van der Waals surface area (Å²) in [6, 6.07) is 15.8. The summed E-state index contributed by atoms with van der Waals surface area (Å²) in [4.78, 5) is 0. The molecule has 0 heterocycles. The molecule has 0 fully saturated rings. The lowest BCUT2D eigenvalue weighted by Gasteiger charge is -2.25. The Labute approximate surface area is 113 Å². The Balaban J connectivity index is 1.73. The van der Waals surface area contributed by atoms with E-state index in [0.29, 0.717) is 18.3 Å². The summed E-state index contributed by atoms with van der Waals surface area (Å²) in [5, 5.41) is 9.71. The van der Waals surface area contributed by atoms with Crippen molar-refractivity contribution in [3.8, 4) is 11.5 Å². The number of para-hydroxylation sites is 2. The minimum absolute atomic E-state index is 0.214. The van der Waals surface area contributed by atoms with Crippen LogP contribution in [0.5, 0.6) is 11.5 Å². The summed E-state index contributed by atoms with van der Waals surface area (Å²) in [6.45, 7) is 0.634. The number of phenolic OH excluding ortho intramolecular Hbond substituents is 1. The number of fused-ring (bicyclic) bond motifs is 1. The largest absolute Gasteiger partial charge is 0.504 e. The highest BCUT2D eigenvalue weighted by molar-refractivity contribution is 5.38. The Kier molecular flexibility index (Phi) is 3.41. The van der Waals surface area contributed by atoms with Crippen molar-refractivity contribution in [2.45, 2.75) is 25.2 Å². The topological polar surface area (TPSA) is 29.5 Å². The van der Waals surface area contributed by atoms with Crippen molar-refractivity contribution < 1.29 is 9.84 Å². The first-order chi connectivity index (χ1) is 9.34. The molecule has 0 saturated carbocycles. The lowest BCUT2D eigenvalue weighted by Crippen LogP contribution is -2.16. The molecule has 0 aromatic heterocycles. The van der Waals surface area contributed by atoms with Gasteiger partial charge in [-0.15, -0.1) is 0 Å². The fourth-order valence-electron chi connectivity index (χ4n) is 2.80. The lowest BCUT2D eigenvalue weighted by molar-refractivity contribution is 0.263. The Morgan fingerprint density at radius 1 is 1.05 bits per heavy atom. The van der Waals surface area contributed by atoms with Crippen molar-refractivity contribution in [1.82, 2.24) is 0 Å². The maximum atomic E-state index is 9.71. The van der Waals surface area contributed by atoms with E-state index in [-0.39, 0.29) is 5.75 Å². The Morgan fingerprint density at radius 3 is 2.74 bits per heavy atom. The molecule has 2 nitrogen and oxygen atoms in total. The van der Waals surface area contributed by atoms with Crippen LogP contribution >= 0.6 is 0 Å². The zero-order valence-electron chi connectivity index (χ0n) is 10.9. The quantitative estimate of drug-likeness (QED) is 0.900. The van der Waals surface area contributed by atoms with Gasteiger partial charge in [-0.1, -0.05) is 36.4 Å². The van der Waals surface area contributed by atoms with Gasteiger partial charge in [0, 0.05) is 5.92 Å². The number of hydrogen-bond acceptors (Lipinski definition) is 2. The van der Waals surface area contributed by atoms with E-state index in [9.17, 15) is 5.11 Å². The lowest BCUT2D eigenvalue weighted by atomic mass is 9.83. The van der Waals surface area contributed by atoms with Crippen LogP contribution in [-0.2, 0) is 6.42 Å². The fourth-order valence-corrected chi connectivity index (χ4v) is 2.80. The van der Waals surface area contributed by atoms with Crippen molar-refractivity contribution in [3.05, 3.63) is 59.7 Å². The monoisotopic (exact) mass is 254 g/mol. The van der Waals surface area contributed by atoms with Gasteiger partial charge in [0.15, 0.2) is 11.5 Å². The average molecular weight is 254 g/mol. The van der Waals surface area contributed by atoms with Gasteiger partial charge in [0.2, 0.25) is 0 Å². The number of benzene rings is 2. The SMILES string of the molecule is Oc1ccccc1OCC1CCCc2ccccc21. The smallest absolute Gasteiger partial charge is 0.160 e. The van der Waals surface area contributed by atoms with Gasteiger partial charge in [-0.3, -0.25) is 0 Å². The van der Waals surface area contributed by atoms with E-state index in [0.717, 1.165) is 6.42 Å². The van der Waals surface area contributed by atoms with Crippen LogP contribution in [0.4, 0.5) is 0 Å². The second-order valence-corrected chi connectivity index (χ2v) is 5.07. The van der Waals surface area contributed by atoms with Crippen molar-refractivity contribution in [3.63, 3.8) is 0 Å². The van der Waals surface area contributed by atoms with Crippen LogP contribution < -0.4 is 4.74 Å². The molecule has 0 amide bonds. The maximum absolute atomic E-state index is 9.71. The number of aryl methyl sites for hydroxylation is 1. The van der Waals surface area contributed by atoms with Gasteiger partial charge < -0.3 is 9.84 Å². The second-order valence-electron chi connectivity index (χ2n) is 5.07. The molecule has 1 unspecified atom stereocenters. The van der Waals surface area contributed by atoms with Crippen LogP contribution in [-0.4, -0.2) is 11.7 Å². The Morgan fingerprint density at radius 2 is 1.84 bits per heavy atom. The van der Waals surface area contributed by atoms with Gasteiger partial charge in [-0.25, -0.2) is 0 Å². The van der Waals surface area contributed by atoms with Crippen LogP contribution in [0.3, 0.4) is 0 Å². The number of aromatic hydroxyl groups is 1. The van der Waals surface area contributed by atoms with Crippen LogP contribution in [0.15, 0.2) is 48.5 Å². The van der Waals surface area contributed by atoms with Gasteiger partial charge in [0.05, 0.1) is 6.61 Å². The molecule has 19 heavy (non-hydrogen) atoms. The predicted molar refractivity (Wildman–Crippen MR) is 75.7 cm³/mol. The van der Waals surface area contributed by atoms with E-state index in [1.807, 2.05) is 12.1 Å². The molecule has 0 bridgehead atoms. The molecule has 0 radical (unpaired) electrons. The maximum Gasteiger partial charge on any atom is 0.160 e. The molecule has 98 valence electrons. The van der Waals surface area contributed by atoms with Gasteiger partial charge in [0.25, 0.3) is 0 Å². The van der Waals surface area contributed by atoms with E-state index in [1.54, 1.807) is 12.1 Å². The standard InChI is InChI=1S/C17H18O2/c18-16-10-3-4-11-17(16)19-12-14-8-5-7-13-6-1-2-9-15(13)14/h1-4,6,9-11,14,18H,5,7-8,12H2. The summed E-state index contributed by atoms with van der Waals surface area (Å²) < 4.78 is 5.78. The summed E-state index contributed by atoms with van der Waals surface area (Å²) >= 11 is 0. The van der Waals surface area contributed by atoms with Crippen LogP contribution in [0.1, 0.15) is 29.9 Å². The van der Waals surface area contributed by atoms with E-state index in [1.165, 1.54) is 24.0 Å². The third-order valence-electron chi connectivity index (χ3n) is 3.80. The fraction of sp³-hybridized carbons (Fsp3) is 0.294. The van der Waals surface area contributed by atoms with Crippen molar-refractivity contribution in [2.75, 3.05) is 6.61 Å². The van der Waals surface area contributed by atoms with Crippen molar-refractivity contribution >= 4 is 0 Å². The number of hydrogen-bond donors (Lipinski definition) is 1. The molecule has 1 aliphatic rings. The predicted octanol–water partition coefficient (Wildman–Crippen LogP) is 3.89. The summed E-state index contributed by atoms with van der Waals surface area (Å²) in [5.74, 6) is 1.22. The molecule has 0 spiro atoms. The van der Waals surface area contributed by atoms with Gasteiger partial charge in [-0.05, 0) is 42.5 Å². The number of rotatable bonds is 3. The molecule has 1 N–H and O–H groups in total. The molecular formula is C17H18O2. The minimum Gasteiger partial charge on any atom is -0.504 e. The number of ether oxygens (including phenoxy) is 1. The zero-order chi connectivity index (χ0) is 13.1. The van der Waals surface area contributed by atoms with Gasteiger partial charge in [0.1, 0.15) is 0 Å². The molecular weight excluding hydrogens is 236 g/mol. The molecule has 1 aliphatic carbocycles. The summed E-state index contributed by atoms with van der Waals surface area (Å²) in [7, 11) is 0. The first-order valence-electron chi connectivity index (χ1n) is 6.83. The summed E-state index contributed by atoms with van der Waals surface area (Å²) in [5.41, 5.74) is 2.85. The molecule has 2 aromatic rings. The Hall–Kier alpha value is -1.96. The first kappa shape index (κ1) is 12.1. The molecule has 2 heteroatoms. The molecule has 3 rings (SSSR count). The molecule has 2 aromatic carbocycles. The highest BCUT2D eigenvalue weighted by Gasteiger charge is 2.20. The third-order valence-corrected chi connectivity index (χ3v) is 3.80. The second kappa shape index (κ2) is 5.35. The number of phenols is 1. The Bertz CT molecular complexity index is 563. The summed E-state index contributed by atoms with van der Waals surface area (Å²) in [6.07, 6.45) is 3.54. The van der Waals surface area contributed by atoms with E-state index in [4.69, 9.17) is 4.74 Å². The first-order valence-corrected chi connectivity index (χ1v) is 6.83. The molecule has 1 atom stereocenters. The minimum atomic E-state index is 0.214. The highest BCUT2D eigenvalue weighted by Crippen LogP contribution is 2.33. The zero-order valence-corrected chi connectivity index (χ0v) is 10.9. The average Bonchev–Trinajstić information content (AvgIpc) is 2.46. The van der Waals surface area contributed by atoms with Gasteiger partial charge >= 0.3 is 0 Å². The van der Waals surface area contributed by atoms with E-state index in [2.05, 4.69) is 24.3 Å². The van der Waals surface area contributed by atoms with E-state index >= 15 is 0 Å².